The number of carbonyl (C=O) groups excluding carboxylic acids is 1. The molecule has 3 aromatic rings. The van der Waals surface area contributed by atoms with Crippen LogP contribution in [0, 0.1) is 17.7 Å². The molecule has 1 aliphatic carbocycles. The summed E-state index contributed by atoms with van der Waals surface area (Å²) in [5.74, 6) is 4.28. The van der Waals surface area contributed by atoms with E-state index >= 15 is 0 Å². The van der Waals surface area contributed by atoms with Crippen LogP contribution >= 0.6 is 0 Å². The molecule has 1 amide bonds. The molecular weight excluding hydrogens is 431 g/mol. The molecule has 8 heteroatoms. The van der Waals surface area contributed by atoms with Gasteiger partial charge in [-0.05, 0) is 40.5 Å². The number of fused-ring (bicyclic) bond motifs is 3. The lowest BCUT2D eigenvalue weighted by atomic mass is 9.98. The molecule has 4 rings (SSSR count). The number of primary sulfonamides is 1. The summed E-state index contributed by atoms with van der Waals surface area (Å²) >= 11 is 0. The largest absolute Gasteiger partial charge is 0.449 e. The van der Waals surface area contributed by atoms with Gasteiger partial charge in [-0.1, -0.05) is 60.4 Å². The fourth-order valence-electron chi connectivity index (χ4n) is 3.68. The van der Waals surface area contributed by atoms with Gasteiger partial charge in [0.2, 0.25) is 10.0 Å². The highest BCUT2D eigenvalue weighted by atomic mass is 32.2. The average Bonchev–Trinajstić information content (AvgIpc) is 3.09. The van der Waals surface area contributed by atoms with Crippen LogP contribution in [0.5, 0.6) is 0 Å². The maximum atomic E-state index is 14.0. The number of halogens is 1. The lowest BCUT2D eigenvalue weighted by Crippen LogP contribution is -2.26. The average molecular weight is 450 g/mol. The molecule has 0 saturated carbocycles. The molecule has 162 valence electrons. The number of carbonyl (C=O) groups is 1. The summed E-state index contributed by atoms with van der Waals surface area (Å²) in [4.78, 5) is 11.8. The van der Waals surface area contributed by atoms with Gasteiger partial charge in [0.05, 0.1) is 17.0 Å². The Morgan fingerprint density at radius 1 is 1.03 bits per heavy atom. The normalized spacial score (nSPS) is 12.3. The summed E-state index contributed by atoms with van der Waals surface area (Å²) < 4.78 is 41.8. The van der Waals surface area contributed by atoms with Crippen LogP contribution in [0.3, 0.4) is 0 Å². The number of nitrogens with one attached hydrogen (secondary N) is 1. The molecule has 0 atom stereocenters. The Kier molecular flexibility index (Phi) is 5.95. The van der Waals surface area contributed by atoms with E-state index in [4.69, 9.17) is 9.88 Å². The van der Waals surface area contributed by atoms with Crippen molar-refractivity contribution in [3.05, 3.63) is 89.2 Å². The first-order valence-electron chi connectivity index (χ1n) is 9.74. The fraction of sp³-hybridized carbons (Fsp3) is 0.125. The van der Waals surface area contributed by atoms with Crippen LogP contribution in [0.15, 0.2) is 71.6 Å². The Bertz CT molecular complexity index is 1310. The van der Waals surface area contributed by atoms with E-state index < -0.39 is 21.9 Å². The van der Waals surface area contributed by atoms with Gasteiger partial charge in [0.25, 0.3) is 0 Å². The summed E-state index contributed by atoms with van der Waals surface area (Å²) in [6.07, 6.45) is -0.633. The minimum absolute atomic E-state index is 0.00765. The minimum Gasteiger partial charge on any atom is -0.449 e. The monoisotopic (exact) mass is 450 g/mol. The van der Waals surface area contributed by atoms with Crippen LogP contribution in [-0.4, -0.2) is 27.7 Å². The molecule has 0 spiro atoms. The summed E-state index contributed by atoms with van der Waals surface area (Å²) in [6, 6.07) is 19.2. The second-order valence-corrected chi connectivity index (χ2v) is 8.73. The molecular formula is C24H19FN2O4S. The van der Waals surface area contributed by atoms with E-state index in [9.17, 15) is 17.6 Å². The quantitative estimate of drug-likeness (QED) is 0.596. The zero-order chi connectivity index (χ0) is 22.7. The van der Waals surface area contributed by atoms with Gasteiger partial charge in [0.15, 0.2) is 0 Å². The third-order valence-corrected chi connectivity index (χ3v) is 6.07. The highest BCUT2D eigenvalue weighted by Gasteiger charge is 2.28. The van der Waals surface area contributed by atoms with Crippen molar-refractivity contribution in [3.63, 3.8) is 0 Å². The maximum Gasteiger partial charge on any atom is 0.407 e. The number of hydrogen-bond donors (Lipinski definition) is 2. The van der Waals surface area contributed by atoms with Crippen molar-refractivity contribution in [3.8, 4) is 23.0 Å². The second-order valence-electron chi connectivity index (χ2n) is 7.17. The number of hydrogen-bond acceptors (Lipinski definition) is 4. The second kappa shape index (κ2) is 8.83. The van der Waals surface area contributed by atoms with E-state index in [1.165, 1.54) is 12.1 Å². The van der Waals surface area contributed by atoms with Gasteiger partial charge in [0, 0.05) is 5.92 Å². The van der Waals surface area contributed by atoms with Crippen molar-refractivity contribution in [2.75, 3.05) is 13.2 Å². The third-order valence-electron chi connectivity index (χ3n) is 5.16. The summed E-state index contributed by atoms with van der Waals surface area (Å²) in [5, 5.41) is 7.47. The Morgan fingerprint density at radius 2 is 1.66 bits per heavy atom. The highest BCUT2D eigenvalue weighted by molar-refractivity contribution is 7.89. The summed E-state index contributed by atoms with van der Waals surface area (Å²) in [6.45, 7) is 0.115. The highest BCUT2D eigenvalue weighted by Crippen LogP contribution is 2.44. The Hall–Kier alpha value is -3.67. The number of sulfonamides is 1. The number of ether oxygens (including phenoxy) is 1. The molecule has 6 nitrogen and oxygen atoms in total. The molecule has 0 unspecified atom stereocenters. The van der Waals surface area contributed by atoms with E-state index in [1.807, 2.05) is 36.4 Å². The first-order chi connectivity index (χ1) is 15.3. The number of amides is 1. The molecule has 1 aliphatic rings. The van der Waals surface area contributed by atoms with E-state index in [-0.39, 0.29) is 29.5 Å². The topological polar surface area (TPSA) is 98.5 Å². The van der Waals surface area contributed by atoms with Crippen molar-refractivity contribution in [2.24, 2.45) is 5.14 Å². The van der Waals surface area contributed by atoms with E-state index in [2.05, 4.69) is 29.3 Å². The van der Waals surface area contributed by atoms with Crippen molar-refractivity contribution in [1.82, 2.24) is 5.32 Å². The van der Waals surface area contributed by atoms with Crippen LogP contribution in [0.4, 0.5) is 9.18 Å². The Labute approximate surface area is 185 Å². The lowest BCUT2D eigenvalue weighted by Gasteiger charge is -2.14. The molecule has 0 heterocycles. The van der Waals surface area contributed by atoms with Crippen LogP contribution in [0.2, 0.25) is 0 Å². The van der Waals surface area contributed by atoms with Crippen LogP contribution < -0.4 is 10.5 Å². The maximum absolute atomic E-state index is 14.0. The SMILES string of the molecule is NS(=O)(=O)c1ccc(C#CCNC(=O)OCC2c3ccccc3-c3ccccc32)c(F)c1. The number of alkyl carbamates (subject to hydrolysis) is 1. The molecule has 32 heavy (non-hydrogen) atoms. The van der Waals surface area contributed by atoms with E-state index in [1.54, 1.807) is 0 Å². The Morgan fingerprint density at radius 3 is 2.25 bits per heavy atom. The van der Waals surface area contributed by atoms with Crippen LogP contribution in [0.25, 0.3) is 11.1 Å². The van der Waals surface area contributed by atoms with Gasteiger partial charge in [-0.15, -0.1) is 0 Å². The van der Waals surface area contributed by atoms with Crippen molar-refractivity contribution >= 4 is 16.1 Å². The molecule has 0 aromatic heterocycles. The van der Waals surface area contributed by atoms with Gasteiger partial charge >= 0.3 is 6.09 Å². The Balaban J connectivity index is 1.35. The summed E-state index contributed by atoms with van der Waals surface area (Å²) in [7, 11) is -3.99. The smallest absolute Gasteiger partial charge is 0.407 e. The van der Waals surface area contributed by atoms with E-state index in [0.717, 1.165) is 28.3 Å². The van der Waals surface area contributed by atoms with Gasteiger partial charge in [-0.3, -0.25) is 0 Å². The van der Waals surface area contributed by atoms with Crippen molar-refractivity contribution in [1.29, 1.82) is 0 Å². The van der Waals surface area contributed by atoms with Gasteiger partial charge in [-0.25, -0.2) is 22.7 Å². The first kappa shape index (κ1) is 21.6. The number of rotatable bonds is 4. The van der Waals surface area contributed by atoms with Gasteiger partial charge in [-0.2, -0.15) is 0 Å². The standard InChI is InChI=1S/C24H19FN2O4S/c25-23-14-17(32(26,29)30)12-11-16(23)6-5-13-27-24(28)31-15-22-20-9-3-1-7-18(20)19-8-2-4-10-21(19)22/h1-4,7-12,14,22H,13,15H2,(H,27,28)(H2,26,29,30). The van der Waals surface area contributed by atoms with Crippen LogP contribution in [-0.2, 0) is 14.8 Å². The lowest BCUT2D eigenvalue weighted by molar-refractivity contribution is 0.144. The zero-order valence-electron chi connectivity index (χ0n) is 16.8. The molecule has 0 bridgehead atoms. The molecule has 3 N–H and O–H groups in total. The van der Waals surface area contributed by atoms with Crippen molar-refractivity contribution in [2.45, 2.75) is 10.8 Å². The minimum atomic E-state index is -3.99. The predicted octanol–water partition coefficient (Wildman–Crippen LogP) is 3.36. The number of nitrogens with two attached hydrogens (primary N) is 1. The van der Waals surface area contributed by atoms with Gasteiger partial charge < -0.3 is 10.1 Å². The third kappa shape index (κ3) is 4.49. The number of benzene rings is 3. The van der Waals surface area contributed by atoms with Crippen molar-refractivity contribution < 1.29 is 22.3 Å². The first-order valence-corrected chi connectivity index (χ1v) is 11.3. The van der Waals surface area contributed by atoms with Gasteiger partial charge in [0.1, 0.15) is 12.4 Å². The fourth-order valence-corrected chi connectivity index (χ4v) is 4.20. The predicted molar refractivity (Wildman–Crippen MR) is 118 cm³/mol. The molecule has 0 radical (unpaired) electrons. The zero-order valence-corrected chi connectivity index (χ0v) is 17.7. The molecule has 0 fully saturated rings. The molecule has 0 saturated heterocycles. The molecule has 0 aliphatic heterocycles. The van der Waals surface area contributed by atoms with E-state index in [0.29, 0.717) is 0 Å². The summed E-state index contributed by atoms with van der Waals surface area (Å²) in [5.41, 5.74) is 4.49. The van der Waals surface area contributed by atoms with Crippen LogP contribution in [0.1, 0.15) is 22.6 Å². The molecule has 3 aromatic carbocycles.